The van der Waals surface area contributed by atoms with E-state index in [0.717, 1.165) is 41.4 Å². The van der Waals surface area contributed by atoms with E-state index >= 15 is 0 Å². The minimum atomic E-state index is -0.374. The molecule has 7 nitrogen and oxygen atoms in total. The highest BCUT2D eigenvalue weighted by Crippen LogP contribution is 2.24. The number of carbonyl (C=O) groups excluding carboxylic acids is 1. The molecule has 0 saturated heterocycles. The van der Waals surface area contributed by atoms with Gasteiger partial charge in [0.25, 0.3) is 0 Å². The van der Waals surface area contributed by atoms with Gasteiger partial charge in [-0.3, -0.25) is 4.98 Å². The van der Waals surface area contributed by atoms with Crippen molar-refractivity contribution in [1.82, 2.24) is 25.2 Å². The van der Waals surface area contributed by atoms with Gasteiger partial charge < -0.3 is 4.74 Å². The number of hydrogen-bond acceptors (Lipinski definition) is 6. The molecule has 26 heavy (non-hydrogen) atoms. The van der Waals surface area contributed by atoms with Gasteiger partial charge in [-0.1, -0.05) is 38.5 Å². The first-order valence-corrected chi connectivity index (χ1v) is 8.96. The Hall–Kier alpha value is -2.83. The van der Waals surface area contributed by atoms with Gasteiger partial charge >= 0.3 is 5.97 Å². The van der Waals surface area contributed by atoms with Crippen molar-refractivity contribution >= 4 is 16.9 Å². The minimum absolute atomic E-state index is 0.0487. The molecule has 2 aromatic heterocycles. The van der Waals surface area contributed by atoms with Crippen LogP contribution in [-0.2, 0) is 24.3 Å². The highest BCUT2D eigenvalue weighted by molar-refractivity contribution is 6.04. The Morgan fingerprint density at radius 1 is 1.23 bits per heavy atom. The normalized spacial score (nSPS) is 11.0. The van der Waals surface area contributed by atoms with E-state index in [0.29, 0.717) is 17.9 Å². The molecular formula is C19H23N5O2. The zero-order valence-electron chi connectivity index (χ0n) is 15.4. The molecule has 3 aromatic rings. The number of benzene rings is 1. The lowest BCUT2D eigenvalue weighted by atomic mass is 10.0. The van der Waals surface area contributed by atoms with Gasteiger partial charge in [-0.05, 0) is 41.8 Å². The largest absolute Gasteiger partial charge is 0.454 e. The Kier molecular flexibility index (Phi) is 5.55. The van der Waals surface area contributed by atoms with Crippen molar-refractivity contribution < 1.29 is 9.53 Å². The van der Waals surface area contributed by atoms with Gasteiger partial charge in [-0.25, -0.2) is 9.48 Å². The van der Waals surface area contributed by atoms with Crippen molar-refractivity contribution in [2.45, 2.75) is 53.2 Å². The molecule has 2 heterocycles. The first-order chi connectivity index (χ1) is 12.7. The quantitative estimate of drug-likeness (QED) is 0.606. The maximum atomic E-state index is 12.8. The fraction of sp³-hybridized carbons (Fsp3) is 0.421. The number of esters is 1. The lowest BCUT2D eigenvalue weighted by molar-refractivity contribution is 0.0457. The molecule has 0 bridgehead atoms. The van der Waals surface area contributed by atoms with Crippen molar-refractivity contribution in [3.05, 3.63) is 46.9 Å². The molecular weight excluding hydrogens is 330 g/mol. The molecule has 0 amide bonds. The van der Waals surface area contributed by atoms with Crippen LogP contribution in [0, 0.1) is 6.92 Å². The zero-order chi connectivity index (χ0) is 18.5. The molecule has 0 fully saturated rings. The number of rotatable bonds is 7. The highest BCUT2D eigenvalue weighted by Gasteiger charge is 2.19. The second kappa shape index (κ2) is 8.03. The number of carbonyl (C=O) groups is 1. The van der Waals surface area contributed by atoms with Crippen LogP contribution < -0.4 is 0 Å². The Morgan fingerprint density at radius 3 is 2.81 bits per heavy atom. The Morgan fingerprint density at radius 2 is 2.04 bits per heavy atom. The molecule has 0 aliphatic heterocycles. The molecule has 0 atom stereocenters. The molecule has 0 unspecified atom stereocenters. The third kappa shape index (κ3) is 3.56. The molecule has 1 aromatic carbocycles. The predicted molar refractivity (Wildman–Crippen MR) is 97.7 cm³/mol. The summed E-state index contributed by atoms with van der Waals surface area (Å²) in [5.41, 5.74) is 3.14. The summed E-state index contributed by atoms with van der Waals surface area (Å²) in [6.45, 7) is 6.81. The minimum Gasteiger partial charge on any atom is -0.454 e. The maximum absolute atomic E-state index is 12.8. The van der Waals surface area contributed by atoms with Crippen LogP contribution in [0.1, 0.15) is 54.1 Å². The average molecular weight is 353 g/mol. The number of pyridine rings is 1. The predicted octanol–water partition coefficient (Wildman–Crippen LogP) is 3.25. The number of ether oxygens (including phenoxy) is 1. The van der Waals surface area contributed by atoms with E-state index in [4.69, 9.17) is 4.74 Å². The van der Waals surface area contributed by atoms with Crippen molar-refractivity contribution in [2.24, 2.45) is 0 Å². The summed E-state index contributed by atoms with van der Waals surface area (Å²) in [5, 5.41) is 12.4. The van der Waals surface area contributed by atoms with Crippen LogP contribution in [-0.4, -0.2) is 31.2 Å². The average Bonchev–Trinajstić information content (AvgIpc) is 3.11. The zero-order valence-corrected chi connectivity index (χ0v) is 15.4. The van der Waals surface area contributed by atoms with Crippen molar-refractivity contribution in [2.75, 3.05) is 0 Å². The van der Waals surface area contributed by atoms with Crippen LogP contribution in [0.25, 0.3) is 10.9 Å². The summed E-state index contributed by atoms with van der Waals surface area (Å²) in [6.07, 6.45) is 2.77. The van der Waals surface area contributed by atoms with Gasteiger partial charge in [0.15, 0.2) is 12.4 Å². The standard InChI is InChI=1S/C19H23N5O2/c1-4-6-11-24-17(21-22-23-24)12-26-19(25)18-13(3)15(5-2)20-16-10-8-7-9-14(16)18/h7-10H,4-6,11-12H2,1-3H3. The fourth-order valence-corrected chi connectivity index (χ4v) is 2.98. The lowest BCUT2D eigenvalue weighted by Gasteiger charge is -2.13. The number of hydrogen-bond donors (Lipinski definition) is 0. The fourth-order valence-electron chi connectivity index (χ4n) is 2.98. The van der Waals surface area contributed by atoms with Gasteiger partial charge in [0.1, 0.15) is 0 Å². The van der Waals surface area contributed by atoms with Crippen molar-refractivity contribution in [3.63, 3.8) is 0 Å². The van der Waals surface area contributed by atoms with Crippen LogP contribution in [0.3, 0.4) is 0 Å². The molecule has 0 saturated carbocycles. The van der Waals surface area contributed by atoms with E-state index in [1.165, 1.54) is 0 Å². The number of aryl methyl sites for hydroxylation is 2. The van der Waals surface area contributed by atoms with E-state index in [2.05, 4.69) is 27.4 Å². The third-order valence-electron chi connectivity index (χ3n) is 4.44. The van der Waals surface area contributed by atoms with Gasteiger partial charge in [0.2, 0.25) is 0 Å². The number of nitrogens with zero attached hydrogens (tertiary/aromatic N) is 5. The highest BCUT2D eigenvalue weighted by atomic mass is 16.5. The molecule has 0 aliphatic rings. The maximum Gasteiger partial charge on any atom is 0.339 e. The van der Waals surface area contributed by atoms with Gasteiger partial charge in [-0.15, -0.1) is 5.10 Å². The third-order valence-corrected chi connectivity index (χ3v) is 4.44. The van der Waals surface area contributed by atoms with E-state index in [9.17, 15) is 4.79 Å². The molecule has 7 heteroatoms. The van der Waals surface area contributed by atoms with E-state index in [1.54, 1.807) is 4.68 Å². The van der Waals surface area contributed by atoms with Gasteiger partial charge in [0, 0.05) is 17.6 Å². The summed E-state index contributed by atoms with van der Waals surface area (Å²) in [6, 6.07) is 7.63. The summed E-state index contributed by atoms with van der Waals surface area (Å²) in [7, 11) is 0. The summed E-state index contributed by atoms with van der Waals surface area (Å²) < 4.78 is 7.24. The molecule has 0 aliphatic carbocycles. The molecule has 0 spiro atoms. The Labute approximate surface area is 152 Å². The Bertz CT molecular complexity index is 919. The van der Waals surface area contributed by atoms with Crippen LogP contribution in [0.5, 0.6) is 0 Å². The van der Waals surface area contributed by atoms with E-state index < -0.39 is 0 Å². The lowest BCUT2D eigenvalue weighted by Crippen LogP contribution is -2.13. The second-order valence-corrected chi connectivity index (χ2v) is 6.18. The number of tetrazole rings is 1. The van der Waals surface area contributed by atoms with Gasteiger partial charge in [-0.2, -0.15) is 0 Å². The molecule has 0 radical (unpaired) electrons. The van der Waals surface area contributed by atoms with Gasteiger partial charge in [0.05, 0.1) is 11.1 Å². The number of fused-ring (bicyclic) bond motifs is 1. The monoisotopic (exact) mass is 353 g/mol. The first-order valence-electron chi connectivity index (χ1n) is 8.96. The van der Waals surface area contributed by atoms with E-state index in [1.807, 2.05) is 38.1 Å². The molecule has 3 rings (SSSR count). The van der Waals surface area contributed by atoms with Crippen molar-refractivity contribution in [3.8, 4) is 0 Å². The van der Waals surface area contributed by atoms with Crippen LogP contribution >= 0.6 is 0 Å². The summed E-state index contributed by atoms with van der Waals surface area (Å²) >= 11 is 0. The topological polar surface area (TPSA) is 82.8 Å². The second-order valence-electron chi connectivity index (χ2n) is 6.18. The number of para-hydroxylation sites is 1. The first kappa shape index (κ1) is 18.0. The van der Waals surface area contributed by atoms with E-state index in [-0.39, 0.29) is 12.6 Å². The smallest absolute Gasteiger partial charge is 0.339 e. The SMILES string of the molecule is CCCCn1nnnc1COC(=O)c1c(C)c(CC)nc2ccccc12. The van der Waals surface area contributed by atoms with Crippen LogP contribution in [0.4, 0.5) is 0 Å². The number of aromatic nitrogens is 5. The Balaban J connectivity index is 1.86. The van der Waals surface area contributed by atoms with Crippen LogP contribution in [0.2, 0.25) is 0 Å². The summed E-state index contributed by atoms with van der Waals surface area (Å²) in [5.74, 6) is 0.180. The van der Waals surface area contributed by atoms with Crippen molar-refractivity contribution in [1.29, 1.82) is 0 Å². The summed E-state index contributed by atoms with van der Waals surface area (Å²) in [4.78, 5) is 17.5. The van der Waals surface area contributed by atoms with Crippen LogP contribution in [0.15, 0.2) is 24.3 Å². The molecule has 136 valence electrons. The molecule has 0 N–H and O–H groups in total. The number of unbranched alkanes of at least 4 members (excludes halogenated alkanes) is 1.